The summed E-state index contributed by atoms with van der Waals surface area (Å²) >= 11 is 3.46. The van der Waals surface area contributed by atoms with Gasteiger partial charge in [0.05, 0.1) is 12.8 Å². The van der Waals surface area contributed by atoms with Crippen molar-refractivity contribution in [1.29, 1.82) is 0 Å². The Morgan fingerprint density at radius 2 is 1.69 bits per heavy atom. The van der Waals surface area contributed by atoms with E-state index in [0.29, 0.717) is 5.75 Å². The second-order valence-corrected chi connectivity index (χ2v) is 6.96. The molecule has 3 aromatic carbocycles. The van der Waals surface area contributed by atoms with Crippen LogP contribution in [-0.4, -0.2) is 19.1 Å². The molecule has 0 radical (unpaired) electrons. The largest absolute Gasteiger partial charge is 0.497 e. The Bertz CT molecular complexity index is 955. The molecule has 3 rings (SSSR count). The zero-order chi connectivity index (χ0) is 18.7. The number of hydrogen-bond acceptors (Lipinski definition) is 3. The predicted octanol–water partition coefficient (Wildman–Crippen LogP) is 5.33. The molecule has 1 amide bonds. The van der Waals surface area contributed by atoms with Crippen molar-refractivity contribution in [2.45, 2.75) is 20.0 Å². The Kier molecular flexibility index (Phi) is 5.47. The quantitative estimate of drug-likeness (QED) is 0.614. The van der Waals surface area contributed by atoms with Gasteiger partial charge in [-0.25, -0.2) is 0 Å². The van der Waals surface area contributed by atoms with E-state index in [1.54, 1.807) is 14.0 Å². The summed E-state index contributed by atoms with van der Waals surface area (Å²) in [6.45, 7) is 3.73. The van der Waals surface area contributed by atoms with Crippen LogP contribution in [0.3, 0.4) is 0 Å². The fourth-order valence-corrected chi connectivity index (χ4v) is 3.21. The van der Waals surface area contributed by atoms with Crippen LogP contribution in [-0.2, 0) is 4.79 Å². The van der Waals surface area contributed by atoms with Crippen molar-refractivity contribution in [3.8, 4) is 11.5 Å². The summed E-state index contributed by atoms with van der Waals surface area (Å²) in [6, 6.07) is 17.3. The molecule has 26 heavy (non-hydrogen) atoms. The van der Waals surface area contributed by atoms with Gasteiger partial charge in [-0.2, -0.15) is 0 Å². The van der Waals surface area contributed by atoms with Gasteiger partial charge in [-0.3, -0.25) is 4.79 Å². The van der Waals surface area contributed by atoms with Gasteiger partial charge in [0.15, 0.2) is 6.10 Å². The van der Waals surface area contributed by atoms with Crippen LogP contribution in [0.1, 0.15) is 12.5 Å². The molecule has 0 saturated carbocycles. The van der Waals surface area contributed by atoms with E-state index in [9.17, 15) is 4.79 Å². The number of nitrogens with one attached hydrogen (secondary N) is 1. The van der Waals surface area contributed by atoms with E-state index in [0.717, 1.165) is 32.2 Å². The molecule has 0 unspecified atom stereocenters. The standard InChI is InChI=1S/C21H20BrNO3/c1-13-4-9-20(19(22)10-13)23-21(24)14(2)26-18-8-6-15-5-7-17(25-3)11-16(15)12-18/h4-12,14H,1-3H3,(H,23,24)/t14-/m0/s1. The first-order chi connectivity index (χ1) is 12.5. The Hall–Kier alpha value is -2.53. The highest BCUT2D eigenvalue weighted by Crippen LogP contribution is 2.26. The van der Waals surface area contributed by atoms with Gasteiger partial charge in [-0.05, 0) is 82.5 Å². The smallest absolute Gasteiger partial charge is 0.265 e. The van der Waals surface area contributed by atoms with Crippen LogP contribution in [0.5, 0.6) is 11.5 Å². The molecular weight excluding hydrogens is 394 g/mol. The second kappa shape index (κ2) is 7.79. The van der Waals surface area contributed by atoms with Gasteiger partial charge < -0.3 is 14.8 Å². The number of fused-ring (bicyclic) bond motifs is 1. The number of rotatable bonds is 5. The molecule has 0 fully saturated rings. The van der Waals surface area contributed by atoms with Gasteiger partial charge >= 0.3 is 0 Å². The van der Waals surface area contributed by atoms with E-state index in [-0.39, 0.29) is 5.91 Å². The minimum Gasteiger partial charge on any atom is -0.497 e. The lowest BCUT2D eigenvalue weighted by Gasteiger charge is -2.16. The average molecular weight is 414 g/mol. The van der Waals surface area contributed by atoms with Crippen molar-refractivity contribution in [1.82, 2.24) is 0 Å². The number of methoxy groups -OCH3 is 1. The minimum atomic E-state index is -0.633. The third-order valence-electron chi connectivity index (χ3n) is 4.08. The molecule has 0 aromatic heterocycles. The van der Waals surface area contributed by atoms with Gasteiger partial charge in [0.25, 0.3) is 5.91 Å². The van der Waals surface area contributed by atoms with E-state index in [1.165, 1.54) is 0 Å². The van der Waals surface area contributed by atoms with Crippen molar-refractivity contribution < 1.29 is 14.3 Å². The summed E-state index contributed by atoms with van der Waals surface area (Å²) in [4.78, 5) is 12.4. The third kappa shape index (κ3) is 4.17. The van der Waals surface area contributed by atoms with Crippen LogP contribution in [0.4, 0.5) is 5.69 Å². The number of ether oxygens (including phenoxy) is 2. The molecule has 3 aromatic rings. The molecule has 1 N–H and O–H groups in total. The van der Waals surface area contributed by atoms with E-state index in [4.69, 9.17) is 9.47 Å². The maximum atomic E-state index is 12.4. The molecule has 0 aliphatic heterocycles. The number of amides is 1. The summed E-state index contributed by atoms with van der Waals surface area (Å²) in [5, 5.41) is 4.96. The van der Waals surface area contributed by atoms with Gasteiger partial charge in [0.1, 0.15) is 11.5 Å². The van der Waals surface area contributed by atoms with Gasteiger partial charge in [-0.15, -0.1) is 0 Å². The number of anilines is 1. The van der Waals surface area contributed by atoms with Crippen molar-refractivity contribution in [3.63, 3.8) is 0 Å². The molecule has 134 valence electrons. The summed E-state index contributed by atoms with van der Waals surface area (Å²) in [5.41, 5.74) is 1.84. The molecule has 0 heterocycles. The van der Waals surface area contributed by atoms with E-state index >= 15 is 0 Å². The van der Waals surface area contributed by atoms with E-state index < -0.39 is 6.10 Å². The van der Waals surface area contributed by atoms with Crippen LogP contribution in [0, 0.1) is 6.92 Å². The molecule has 0 aliphatic carbocycles. The average Bonchev–Trinajstić information content (AvgIpc) is 2.63. The van der Waals surface area contributed by atoms with Crippen LogP contribution in [0.2, 0.25) is 0 Å². The molecule has 1 atom stereocenters. The van der Waals surface area contributed by atoms with Gasteiger partial charge in [-0.1, -0.05) is 18.2 Å². The van der Waals surface area contributed by atoms with Crippen molar-refractivity contribution in [2.75, 3.05) is 12.4 Å². The summed E-state index contributed by atoms with van der Waals surface area (Å²) < 4.78 is 11.9. The molecule has 4 nitrogen and oxygen atoms in total. The monoisotopic (exact) mass is 413 g/mol. The SMILES string of the molecule is COc1ccc2ccc(O[C@@H](C)C(=O)Nc3ccc(C)cc3Br)cc2c1. The fourth-order valence-electron chi connectivity index (χ4n) is 2.62. The van der Waals surface area contributed by atoms with Crippen LogP contribution < -0.4 is 14.8 Å². The Labute approximate surface area is 161 Å². The lowest BCUT2D eigenvalue weighted by atomic mass is 10.1. The number of benzene rings is 3. The lowest BCUT2D eigenvalue weighted by Crippen LogP contribution is -2.30. The Morgan fingerprint density at radius 3 is 2.38 bits per heavy atom. The molecule has 0 spiro atoms. The molecule has 0 aliphatic rings. The van der Waals surface area contributed by atoms with Crippen molar-refractivity contribution in [2.24, 2.45) is 0 Å². The summed E-state index contributed by atoms with van der Waals surface area (Å²) in [6.07, 6.45) is -0.633. The van der Waals surface area contributed by atoms with Crippen molar-refractivity contribution in [3.05, 3.63) is 64.6 Å². The maximum absolute atomic E-state index is 12.4. The maximum Gasteiger partial charge on any atom is 0.265 e. The Morgan fingerprint density at radius 1 is 1.00 bits per heavy atom. The first kappa shape index (κ1) is 18.3. The second-order valence-electron chi connectivity index (χ2n) is 6.11. The first-order valence-electron chi connectivity index (χ1n) is 8.28. The first-order valence-corrected chi connectivity index (χ1v) is 9.07. The molecule has 5 heteroatoms. The zero-order valence-electron chi connectivity index (χ0n) is 14.9. The number of carbonyl (C=O) groups excluding carboxylic acids is 1. The highest BCUT2D eigenvalue weighted by Gasteiger charge is 2.16. The highest BCUT2D eigenvalue weighted by atomic mass is 79.9. The zero-order valence-corrected chi connectivity index (χ0v) is 16.5. The molecule has 0 bridgehead atoms. The van der Waals surface area contributed by atoms with Crippen LogP contribution >= 0.6 is 15.9 Å². The normalized spacial score (nSPS) is 11.8. The Balaban J connectivity index is 1.73. The fraction of sp³-hybridized carbons (Fsp3) is 0.190. The summed E-state index contributed by atoms with van der Waals surface area (Å²) in [7, 11) is 1.64. The van der Waals surface area contributed by atoms with Crippen LogP contribution in [0.25, 0.3) is 10.8 Å². The van der Waals surface area contributed by atoms with E-state index in [1.807, 2.05) is 61.5 Å². The number of halogens is 1. The molecular formula is C21H20BrNO3. The van der Waals surface area contributed by atoms with Gasteiger partial charge in [0.2, 0.25) is 0 Å². The van der Waals surface area contributed by atoms with Crippen molar-refractivity contribution >= 4 is 38.3 Å². The van der Waals surface area contributed by atoms with E-state index in [2.05, 4.69) is 21.2 Å². The number of carbonyl (C=O) groups is 1. The lowest BCUT2D eigenvalue weighted by molar-refractivity contribution is -0.122. The number of hydrogen-bond donors (Lipinski definition) is 1. The number of aryl methyl sites for hydroxylation is 1. The topological polar surface area (TPSA) is 47.6 Å². The van der Waals surface area contributed by atoms with Gasteiger partial charge in [0, 0.05) is 4.47 Å². The highest BCUT2D eigenvalue weighted by molar-refractivity contribution is 9.10. The summed E-state index contributed by atoms with van der Waals surface area (Å²) in [5.74, 6) is 1.21. The predicted molar refractivity (Wildman–Crippen MR) is 108 cm³/mol. The third-order valence-corrected chi connectivity index (χ3v) is 4.74. The van der Waals surface area contributed by atoms with Crippen LogP contribution in [0.15, 0.2) is 59.1 Å². The minimum absolute atomic E-state index is 0.208. The molecule has 0 saturated heterocycles.